The van der Waals surface area contributed by atoms with Crippen LogP contribution in [0.15, 0.2) is 36.4 Å². The van der Waals surface area contributed by atoms with Crippen molar-refractivity contribution < 1.29 is 14.3 Å². The lowest BCUT2D eigenvalue weighted by Crippen LogP contribution is -2.31. The minimum absolute atomic E-state index is 0.224. The van der Waals surface area contributed by atoms with E-state index in [-0.39, 0.29) is 6.42 Å². The molecule has 3 aromatic rings. The van der Waals surface area contributed by atoms with E-state index in [1.807, 2.05) is 38.3 Å². The van der Waals surface area contributed by atoms with Crippen molar-refractivity contribution in [2.45, 2.75) is 52.2 Å². The average molecular weight is 408 g/mol. The number of amides is 1. The summed E-state index contributed by atoms with van der Waals surface area (Å²) in [6.45, 7) is 16.7. The van der Waals surface area contributed by atoms with Crippen molar-refractivity contribution in [3.05, 3.63) is 64.8 Å². The van der Waals surface area contributed by atoms with Gasteiger partial charge in [-0.3, -0.25) is 10.1 Å². The number of nitrogens with zero attached hydrogens (tertiary/aromatic N) is 3. The van der Waals surface area contributed by atoms with Gasteiger partial charge in [-0.25, -0.2) is 14.2 Å². The molecule has 3 rings (SSSR count). The van der Waals surface area contributed by atoms with Crippen LogP contribution in [0.1, 0.15) is 45.2 Å². The normalized spacial score (nSPS) is 13.7. The SMILES string of the molecule is [C-]#[N+]c1cc2c(cc1C)nc(NC(=O)C[C@](C)(O)c1ccc(F)cc1)n2C(C)(C)C. The molecule has 156 valence electrons. The van der Waals surface area contributed by atoms with E-state index in [0.717, 1.165) is 11.1 Å². The van der Waals surface area contributed by atoms with E-state index >= 15 is 0 Å². The standard InChI is InChI=1S/C23H25FN4O2/c1-14-11-18-19(12-17(14)25-6)28(22(2,3)4)21(26-18)27-20(29)13-23(5,30)15-7-9-16(24)10-8-15/h7-12,30H,13H2,1-5H3,(H,26,27,29)/t23-/m0/s1. The van der Waals surface area contributed by atoms with E-state index in [1.54, 1.807) is 6.07 Å². The lowest BCUT2D eigenvalue weighted by Gasteiger charge is -2.26. The molecule has 1 atom stereocenters. The van der Waals surface area contributed by atoms with E-state index < -0.39 is 22.9 Å². The van der Waals surface area contributed by atoms with Crippen LogP contribution in [0.4, 0.5) is 16.0 Å². The molecule has 0 saturated carbocycles. The zero-order valence-electron chi connectivity index (χ0n) is 17.7. The monoisotopic (exact) mass is 408 g/mol. The molecule has 6 nitrogen and oxygen atoms in total. The Morgan fingerprint density at radius 1 is 1.23 bits per heavy atom. The van der Waals surface area contributed by atoms with Gasteiger partial charge < -0.3 is 9.67 Å². The number of rotatable bonds is 4. The Morgan fingerprint density at radius 2 is 1.87 bits per heavy atom. The van der Waals surface area contributed by atoms with Crippen LogP contribution in [0.2, 0.25) is 0 Å². The molecule has 0 bridgehead atoms. The van der Waals surface area contributed by atoms with Gasteiger partial charge in [0, 0.05) is 5.54 Å². The van der Waals surface area contributed by atoms with Crippen LogP contribution in [0, 0.1) is 19.3 Å². The Kier molecular flexibility index (Phi) is 5.40. The molecule has 2 N–H and O–H groups in total. The largest absolute Gasteiger partial charge is 0.385 e. The Labute approximate surface area is 175 Å². The topological polar surface area (TPSA) is 71.5 Å². The molecule has 2 aromatic carbocycles. The molecular formula is C23H25FN4O2. The summed E-state index contributed by atoms with van der Waals surface area (Å²) < 4.78 is 15.1. The van der Waals surface area contributed by atoms with Crippen LogP contribution in [0.3, 0.4) is 0 Å². The van der Waals surface area contributed by atoms with Crippen molar-refractivity contribution in [3.8, 4) is 0 Å². The average Bonchev–Trinajstić information content (AvgIpc) is 2.97. The first kappa shape index (κ1) is 21.5. The number of fused-ring (bicyclic) bond motifs is 1. The number of anilines is 1. The lowest BCUT2D eigenvalue weighted by atomic mass is 9.92. The van der Waals surface area contributed by atoms with E-state index in [9.17, 15) is 14.3 Å². The maximum atomic E-state index is 13.2. The Balaban J connectivity index is 1.95. The number of imidazole rings is 1. The fourth-order valence-corrected chi connectivity index (χ4v) is 3.49. The van der Waals surface area contributed by atoms with Gasteiger partial charge in [0.2, 0.25) is 11.9 Å². The molecule has 0 aliphatic carbocycles. The summed E-state index contributed by atoms with van der Waals surface area (Å²) in [7, 11) is 0. The quantitative estimate of drug-likeness (QED) is 0.595. The highest BCUT2D eigenvalue weighted by Gasteiger charge is 2.29. The summed E-state index contributed by atoms with van der Waals surface area (Å²) in [6, 6.07) is 9.02. The predicted octanol–water partition coefficient (Wildman–Crippen LogP) is 5.03. The van der Waals surface area contributed by atoms with Gasteiger partial charge in [0.1, 0.15) is 5.82 Å². The van der Waals surface area contributed by atoms with Crippen molar-refractivity contribution in [2.24, 2.45) is 0 Å². The Morgan fingerprint density at radius 3 is 2.43 bits per heavy atom. The fraction of sp³-hybridized carbons (Fsp3) is 0.348. The Bertz CT molecular complexity index is 1150. The highest BCUT2D eigenvalue weighted by atomic mass is 19.1. The summed E-state index contributed by atoms with van der Waals surface area (Å²) in [4.78, 5) is 20.9. The smallest absolute Gasteiger partial charge is 0.229 e. The van der Waals surface area contributed by atoms with Gasteiger partial charge in [-0.1, -0.05) is 12.1 Å². The lowest BCUT2D eigenvalue weighted by molar-refractivity contribution is -0.120. The van der Waals surface area contributed by atoms with Gasteiger partial charge in [0.15, 0.2) is 5.69 Å². The maximum Gasteiger partial charge on any atom is 0.229 e. The van der Waals surface area contributed by atoms with E-state index in [1.165, 1.54) is 31.2 Å². The Hall–Kier alpha value is -3.24. The maximum absolute atomic E-state index is 13.2. The first-order valence-electron chi connectivity index (χ1n) is 9.62. The van der Waals surface area contributed by atoms with E-state index in [4.69, 9.17) is 6.57 Å². The molecule has 0 fully saturated rings. The summed E-state index contributed by atoms with van der Waals surface area (Å²) in [5.41, 5.74) is 1.34. The molecular weight excluding hydrogens is 383 g/mol. The first-order valence-corrected chi connectivity index (χ1v) is 9.62. The summed E-state index contributed by atoms with van der Waals surface area (Å²) in [5.74, 6) is -0.488. The third kappa shape index (κ3) is 4.19. The molecule has 0 unspecified atom stereocenters. The fourth-order valence-electron chi connectivity index (χ4n) is 3.49. The highest BCUT2D eigenvalue weighted by Crippen LogP contribution is 2.33. The van der Waals surface area contributed by atoms with E-state index in [2.05, 4.69) is 15.1 Å². The van der Waals surface area contributed by atoms with Crippen LogP contribution in [-0.2, 0) is 15.9 Å². The minimum Gasteiger partial charge on any atom is -0.385 e. The van der Waals surface area contributed by atoms with Crippen LogP contribution in [-0.4, -0.2) is 20.6 Å². The van der Waals surface area contributed by atoms with Gasteiger partial charge in [-0.15, -0.1) is 0 Å². The van der Waals surface area contributed by atoms with Crippen molar-refractivity contribution >= 4 is 28.6 Å². The molecule has 0 aliphatic rings. The third-order valence-corrected chi connectivity index (χ3v) is 4.99. The molecule has 1 aromatic heterocycles. The first-order chi connectivity index (χ1) is 13.9. The number of aryl methyl sites for hydroxylation is 1. The van der Waals surface area contributed by atoms with Crippen molar-refractivity contribution in [1.82, 2.24) is 9.55 Å². The number of benzene rings is 2. The molecule has 7 heteroatoms. The molecule has 0 saturated heterocycles. The van der Waals surface area contributed by atoms with Gasteiger partial charge in [0.05, 0.1) is 29.6 Å². The van der Waals surface area contributed by atoms with Gasteiger partial charge >= 0.3 is 0 Å². The number of hydrogen-bond donors (Lipinski definition) is 2. The summed E-state index contributed by atoms with van der Waals surface area (Å²) in [6.07, 6.45) is -0.224. The second-order valence-corrected chi connectivity index (χ2v) is 8.69. The zero-order valence-corrected chi connectivity index (χ0v) is 17.7. The minimum atomic E-state index is -1.47. The number of halogens is 1. The number of aromatic nitrogens is 2. The van der Waals surface area contributed by atoms with Gasteiger partial charge in [-0.05, 0) is 70.0 Å². The zero-order chi connectivity index (χ0) is 22.3. The van der Waals surface area contributed by atoms with Crippen molar-refractivity contribution in [3.63, 3.8) is 0 Å². The second kappa shape index (κ2) is 7.54. The van der Waals surface area contributed by atoms with E-state index in [0.29, 0.717) is 22.7 Å². The molecule has 0 radical (unpaired) electrons. The number of carbonyl (C=O) groups excluding carboxylic acids is 1. The predicted molar refractivity (Wildman–Crippen MR) is 115 cm³/mol. The summed E-state index contributed by atoms with van der Waals surface area (Å²) in [5, 5.41) is 13.6. The number of carbonyl (C=O) groups is 1. The highest BCUT2D eigenvalue weighted by molar-refractivity contribution is 5.93. The van der Waals surface area contributed by atoms with Crippen LogP contribution in [0.25, 0.3) is 15.9 Å². The number of aliphatic hydroxyl groups is 1. The van der Waals surface area contributed by atoms with Crippen LogP contribution in [0.5, 0.6) is 0 Å². The van der Waals surface area contributed by atoms with Gasteiger partial charge in [0.25, 0.3) is 0 Å². The van der Waals surface area contributed by atoms with Crippen molar-refractivity contribution in [1.29, 1.82) is 0 Å². The van der Waals surface area contributed by atoms with Crippen molar-refractivity contribution in [2.75, 3.05) is 5.32 Å². The molecule has 30 heavy (non-hydrogen) atoms. The number of nitrogens with one attached hydrogen (secondary N) is 1. The molecule has 1 amide bonds. The molecule has 0 aliphatic heterocycles. The second-order valence-electron chi connectivity index (χ2n) is 8.69. The summed E-state index contributed by atoms with van der Waals surface area (Å²) >= 11 is 0. The van der Waals surface area contributed by atoms with Gasteiger partial charge in [-0.2, -0.15) is 0 Å². The molecule has 1 heterocycles. The van der Waals surface area contributed by atoms with Crippen LogP contribution >= 0.6 is 0 Å². The molecule has 0 spiro atoms. The van der Waals surface area contributed by atoms with Crippen LogP contribution < -0.4 is 5.32 Å². The number of hydrogen-bond acceptors (Lipinski definition) is 3. The third-order valence-electron chi connectivity index (χ3n) is 4.99.